The number of halogens is 1. The maximum Gasteiger partial charge on any atom is 0.183 e. The molecule has 5 nitrogen and oxygen atoms in total. The van der Waals surface area contributed by atoms with Gasteiger partial charge in [-0.05, 0) is 97.5 Å². The van der Waals surface area contributed by atoms with Gasteiger partial charge in [-0.15, -0.1) is 0 Å². The Morgan fingerprint density at radius 2 is 1.55 bits per heavy atom. The summed E-state index contributed by atoms with van der Waals surface area (Å²) < 4.78 is 16.9. The second-order valence-electron chi connectivity index (χ2n) is 10.7. The van der Waals surface area contributed by atoms with Gasteiger partial charge in [-0.3, -0.25) is 9.59 Å². The molecular formula is C34H36FN3O2. The normalized spacial score (nSPS) is 13.8. The third-order valence-electron chi connectivity index (χ3n) is 7.79. The summed E-state index contributed by atoms with van der Waals surface area (Å²) in [6.07, 6.45) is 4.74. The summed E-state index contributed by atoms with van der Waals surface area (Å²) in [5.41, 5.74) is 5.07. The van der Waals surface area contributed by atoms with Gasteiger partial charge in [-0.2, -0.15) is 0 Å². The highest BCUT2D eigenvalue weighted by molar-refractivity contribution is 5.98. The molecule has 0 bridgehead atoms. The third-order valence-corrected chi connectivity index (χ3v) is 7.79. The van der Waals surface area contributed by atoms with Crippen molar-refractivity contribution in [3.8, 4) is 0 Å². The van der Waals surface area contributed by atoms with E-state index in [1.807, 2.05) is 78.4 Å². The average molecular weight is 538 g/mol. The Balaban J connectivity index is 1.16. The van der Waals surface area contributed by atoms with Crippen molar-refractivity contribution in [1.29, 1.82) is 0 Å². The van der Waals surface area contributed by atoms with Gasteiger partial charge in [0.15, 0.2) is 11.6 Å². The largest absolute Gasteiger partial charge is 0.372 e. The van der Waals surface area contributed by atoms with Crippen LogP contribution < -0.4 is 10.2 Å². The van der Waals surface area contributed by atoms with Crippen molar-refractivity contribution in [2.24, 2.45) is 5.92 Å². The molecule has 0 amide bonds. The van der Waals surface area contributed by atoms with E-state index >= 15 is 0 Å². The lowest BCUT2D eigenvalue weighted by atomic mass is 9.98. The summed E-state index contributed by atoms with van der Waals surface area (Å²) in [6.45, 7) is 7.15. The fraction of sp³-hybridized carbons (Fsp3) is 0.294. The zero-order valence-electron chi connectivity index (χ0n) is 23.2. The summed E-state index contributed by atoms with van der Waals surface area (Å²) in [4.78, 5) is 27.9. The van der Waals surface area contributed by atoms with E-state index in [4.69, 9.17) is 0 Å². The van der Waals surface area contributed by atoms with Crippen LogP contribution in [0.4, 0.5) is 21.5 Å². The standard InChI is InChI=1S/C34H36FN3O2/c1-3-37-18-4-5-32(37)34(40)22-25-6-11-28(12-7-25)36-31-15-8-26(21-30(31)35)23-33(39)27-9-13-29(14-10-27)38-19-16-24(2)17-20-38/h4-15,18,21,24,36H,3,16-17,19-20,22-23H2,1-2H3. The number of hydrogen-bond acceptors (Lipinski definition) is 4. The lowest BCUT2D eigenvalue weighted by Gasteiger charge is -2.32. The number of Topliss-reactive ketones (excluding diaryl/α,β-unsaturated/α-hetero) is 2. The van der Waals surface area contributed by atoms with Crippen LogP contribution in [0.15, 0.2) is 85.1 Å². The number of rotatable bonds is 10. The molecule has 3 aromatic carbocycles. The smallest absolute Gasteiger partial charge is 0.183 e. The minimum Gasteiger partial charge on any atom is -0.372 e. The second-order valence-corrected chi connectivity index (χ2v) is 10.7. The Morgan fingerprint density at radius 3 is 2.23 bits per heavy atom. The summed E-state index contributed by atoms with van der Waals surface area (Å²) >= 11 is 0. The number of benzene rings is 3. The predicted octanol–water partition coefficient (Wildman–Crippen LogP) is 7.48. The highest BCUT2D eigenvalue weighted by Crippen LogP contribution is 2.25. The number of aromatic nitrogens is 1. The van der Waals surface area contributed by atoms with Crippen molar-refractivity contribution < 1.29 is 14.0 Å². The fourth-order valence-corrected chi connectivity index (χ4v) is 5.26. The Kier molecular flexibility index (Phi) is 8.44. The number of ketones is 2. The fourth-order valence-electron chi connectivity index (χ4n) is 5.26. The second kappa shape index (κ2) is 12.3. The van der Waals surface area contributed by atoms with Crippen LogP contribution in [-0.2, 0) is 19.4 Å². The topological polar surface area (TPSA) is 54.3 Å². The maximum atomic E-state index is 14.9. The van der Waals surface area contributed by atoms with Gasteiger partial charge in [0.05, 0.1) is 11.4 Å². The van der Waals surface area contributed by atoms with E-state index in [-0.39, 0.29) is 18.0 Å². The minimum atomic E-state index is -0.417. The van der Waals surface area contributed by atoms with Crippen LogP contribution in [0.25, 0.3) is 0 Å². The molecule has 1 N–H and O–H groups in total. The number of anilines is 3. The average Bonchev–Trinajstić information content (AvgIpc) is 3.45. The number of carbonyl (C=O) groups excluding carboxylic acids is 2. The molecule has 0 aliphatic carbocycles. The molecule has 0 radical (unpaired) electrons. The Labute approximate surface area is 235 Å². The van der Waals surface area contributed by atoms with Crippen LogP contribution in [-0.4, -0.2) is 29.2 Å². The Morgan fingerprint density at radius 1 is 0.875 bits per heavy atom. The van der Waals surface area contributed by atoms with Crippen LogP contribution >= 0.6 is 0 Å². The summed E-state index contributed by atoms with van der Waals surface area (Å²) in [7, 11) is 0. The number of piperidine rings is 1. The Hall–Kier alpha value is -4.19. The first-order valence-electron chi connectivity index (χ1n) is 14.1. The first kappa shape index (κ1) is 27.4. The molecule has 6 heteroatoms. The van der Waals surface area contributed by atoms with E-state index in [2.05, 4.69) is 17.1 Å². The predicted molar refractivity (Wildman–Crippen MR) is 159 cm³/mol. The summed E-state index contributed by atoms with van der Waals surface area (Å²) in [6, 6.07) is 23.8. The number of nitrogens with zero attached hydrogens (tertiary/aromatic N) is 2. The molecule has 0 atom stereocenters. The van der Waals surface area contributed by atoms with Crippen LogP contribution in [0.2, 0.25) is 0 Å². The molecule has 2 heterocycles. The summed E-state index contributed by atoms with van der Waals surface area (Å²) in [5.74, 6) is 0.387. The van der Waals surface area contributed by atoms with E-state index < -0.39 is 5.82 Å². The SMILES string of the molecule is CCn1cccc1C(=O)Cc1ccc(Nc2ccc(CC(=O)c3ccc(N4CCC(C)CC4)cc3)cc2F)cc1. The van der Waals surface area contributed by atoms with Gasteiger partial charge in [0, 0.05) is 55.6 Å². The number of aryl methyl sites for hydroxylation is 1. The van der Waals surface area contributed by atoms with Crippen LogP contribution in [0, 0.1) is 11.7 Å². The molecule has 0 saturated carbocycles. The molecule has 4 aromatic rings. The molecule has 1 aromatic heterocycles. The number of nitrogens with one attached hydrogen (secondary N) is 1. The molecule has 40 heavy (non-hydrogen) atoms. The van der Waals surface area contributed by atoms with Gasteiger partial charge in [0.1, 0.15) is 5.82 Å². The first-order valence-corrected chi connectivity index (χ1v) is 14.1. The summed E-state index contributed by atoms with van der Waals surface area (Å²) in [5, 5.41) is 3.10. The van der Waals surface area contributed by atoms with Gasteiger partial charge >= 0.3 is 0 Å². The molecule has 1 aliphatic heterocycles. The van der Waals surface area contributed by atoms with Gasteiger partial charge in [-0.25, -0.2) is 4.39 Å². The van der Waals surface area contributed by atoms with Crippen molar-refractivity contribution in [1.82, 2.24) is 4.57 Å². The molecule has 1 saturated heterocycles. The molecule has 1 fully saturated rings. The van der Waals surface area contributed by atoms with Gasteiger partial charge in [0.2, 0.25) is 0 Å². The van der Waals surface area contributed by atoms with E-state index in [1.54, 1.807) is 12.1 Å². The highest BCUT2D eigenvalue weighted by atomic mass is 19.1. The van der Waals surface area contributed by atoms with E-state index in [0.717, 1.165) is 42.5 Å². The maximum absolute atomic E-state index is 14.9. The highest BCUT2D eigenvalue weighted by Gasteiger charge is 2.17. The van der Waals surface area contributed by atoms with E-state index in [0.29, 0.717) is 28.9 Å². The van der Waals surface area contributed by atoms with Crippen LogP contribution in [0.3, 0.4) is 0 Å². The molecule has 1 aliphatic rings. The van der Waals surface area contributed by atoms with E-state index in [1.165, 1.54) is 18.9 Å². The third kappa shape index (κ3) is 6.50. The molecule has 0 spiro atoms. The molecule has 5 rings (SSSR count). The molecular weight excluding hydrogens is 501 g/mol. The lowest BCUT2D eigenvalue weighted by molar-refractivity contribution is 0.0979. The first-order chi connectivity index (χ1) is 19.4. The number of hydrogen-bond donors (Lipinski definition) is 1. The van der Waals surface area contributed by atoms with Crippen molar-refractivity contribution in [3.63, 3.8) is 0 Å². The lowest BCUT2D eigenvalue weighted by Crippen LogP contribution is -2.32. The quantitative estimate of drug-likeness (QED) is 0.213. The number of carbonyl (C=O) groups is 2. The van der Waals surface area contributed by atoms with Crippen LogP contribution in [0.5, 0.6) is 0 Å². The zero-order chi connectivity index (χ0) is 28.1. The van der Waals surface area contributed by atoms with Gasteiger partial charge in [0.25, 0.3) is 0 Å². The van der Waals surface area contributed by atoms with E-state index in [9.17, 15) is 14.0 Å². The van der Waals surface area contributed by atoms with Crippen molar-refractivity contribution in [2.75, 3.05) is 23.3 Å². The van der Waals surface area contributed by atoms with Crippen molar-refractivity contribution in [2.45, 2.75) is 46.1 Å². The monoisotopic (exact) mass is 537 g/mol. The minimum absolute atomic E-state index is 0.0322. The Bertz CT molecular complexity index is 1470. The zero-order valence-corrected chi connectivity index (χ0v) is 23.2. The molecule has 206 valence electrons. The van der Waals surface area contributed by atoms with Crippen LogP contribution in [0.1, 0.15) is 58.7 Å². The van der Waals surface area contributed by atoms with Crippen molar-refractivity contribution >= 4 is 28.6 Å². The van der Waals surface area contributed by atoms with Gasteiger partial charge < -0.3 is 14.8 Å². The van der Waals surface area contributed by atoms with Gasteiger partial charge in [-0.1, -0.05) is 25.1 Å². The molecule has 0 unspecified atom stereocenters. The van der Waals surface area contributed by atoms with Crippen molar-refractivity contribution in [3.05, 3.63) is 113 Å².